The molecule has 0 radical (unpaired) electrons. The van der Waals surface area contributed by atoms with Crippen molar-refractivity contribution in [2.45, 2.75) is 95.9 Å². The average molecular weight is 662 g/mol. The van der Waals surface area contributed by atoms with E-state index in [4.69, 9.17) is 5.73 Å². The topological polar surface area (TPSA) is 130 Å². The zero-order chi connectivity index (χ0) is 34.3. The molecule has 1 aliphatic rings. The highest BCUT2D eigenvalue weighted by molar-refractivity contribution is 7.92. The lowest BCUT2D eigenvalue weighted by Gasteiger charge is -2.50. The number of primary amides is 1. The third-order valence-electron chi connectivity index (χ3n) is 8.84. The van der Waals surface area contributed by atoms with E-state index in [0.29, 0.717) is 51.0 Å². The molecule has 1 aliphatic carbocycles. The van der Waals surface area contributed by atoms with Crippen LogP contribution in [-0.4, -0.2) is 61.2 Å². The normalized spacial score (nSPS) is 21.7. The zero-order valence-electron chi connectivity index (χ0n) is 27.6. The van der Waals surface area contributed by atoms with Crippen molar-refractivity contribution < 1.29 is 31.9 Å². The molecule has 0 saturated heterocycles. The molecule has 2 aromatic rings. The van der Waals surface area contributed by atoms with Crippen molar-refractivity contribution in [1.82, 2.24) is 10.2 Å². The van der Waals surface area contributed by atoms with Gasteiger partial charge >= 0.3 is 0 Å². The second-order valence-electron chi connectivity index (χ2n) is 12.9. The highest BCUT2D eigenvalue weighted by atomic mass is 32.2. The number of carbonyl (C=O) groups is 2. The van der Waals surface area contributed by atoms with Gasteiger partial charge in [0, 0.05) is 25.7 Å². The van der Waals surface area contributed by atoms with Crippen LogP contribution in [0.3, 0.4) is 0 Å². The number of amides is 2. The minimum absolute atomic E-state index is 0.144. The van der Waals surface area contributed by atoms with Crippen LogP contribution < -0.4 is 11.1 Å². The molecule has 4 N–H and O–H groups in total. The number of sulfone groups is 1. The van der Waals surface area contributed by atoms with Crippen molar-refractivity contribution in [1.29, 1.82) is 0 Å². The second kappa shape index (κ2) is 15.6. The van der Waals surface area contributed by atoms with Crippen LogP contribution in [0.2, 0.25) is 0 Å². The van der Waals surface area contributed by atoms with Crippen LogP contribution >= 0.6 is 0 Å². The van der Waals surface area contributed by atoms with Crippen molar-refractivity contribution >= 4 is 21.7 Å². The number of allylic oxidation sites excluding steroid dienone is 1. The van der Waals surface area contributed by atoms with Crippen LogP contribution in [0.4, 0.5) is 8.78 Å². The predicted octanol–water partition coefficient (Wildman–Crippen LogP) is 5.08. The minimum Gasteiger partial charge on any atom is -0.391 e. The van der Waals surface area contributed by atoms with Gasteiger partial charge in [0.05, 0.1) is 27.1 Å². The van der Waals surface area contributed by atoms with Gasteiger partial charge in [0.25, 0.3) is 0 Å². The maximum absolute atomic E-state index is 14.5. The van der Waals surface area contributed by atoms with Gasteiger partial charge in [-0.2, -0.15) is 0 Å². The summed E-state index contributed by atoms with van der Waals surface area (Å²) < 4.78 is 53.6. The quantitative estimate of drug-likeness (QED) is 0.170. The highest BCUT2D eigenvalue weighted by Crippen LogP contribution is 2.51. The first kappa shape index (κ1) is 37.3. The number of carbonyl (C=O) groups excluding carboxylic acids is 2. The zero-order valence-corrected chi connectivity index (χ0v) is 28.4. The van der Waals surface area contributed by atoms with Gasteiger partial charge in [-0.15, -0.1) is 0 Å². The number of aliphatic hydroxyl groups excluding tert-OH is 1. The van der Waals surface area contributed by atoms with Gasteiger partial charge in [-0.1, -0.05) is 37.6 Å². The van der Waals surface area contributed by atoms with Crippen molar-refractivity contribution in [2.75, 3.05) is 19.6 Å². The van der Waals surface area contributed by atoms with Crippen LogP contribution in [0, 0.1) is 22.5 Å². The van der Waals surface area contributed by atoms with Crippen LogP contribution in [0.1, 0.15) is 77.8 Å². The smallest absolute Gasteiger partial charge is 0.231 e. The number of halogens is 2. The highest BCUT2D eigenvalue weighted by Gasteiger charge is 2.59. The lowest BCUT2D eigenvalue weighted by Crippen LogP contribution is -2.62. The van der Waals surface area contributed by atoms with Crippen LogP contribution in [0.25, 0.3) is 0 Å². The van der Waals surface area contributed by atoms with E-state index in [2.05, 4.69) is 5.32 Å². The summed E-state index contributed by atoms with van der Waals surface area (Å²) in [6.45, 7) is 10.7. The molecule has 46 heavy (non-hydrogen) atoms. The van der Waals surface area contributed by atoms with Gasteiger partial charge < -0.3 is 21.1 Å². The van der Waals surface area contributed by atoms with Crippen molar-refractivity contribution in [3.63, 3.8) is 0 Å². The Bertz CT molecular complexity index is 1500. The van der Waals surface area contributed by atoms with Crippen molar-refractivity contribution in [2.24, 2.45) is 16.6 Å². The molecule has 0 saturated carbocycles. The van der Waals surface area contributed by atoms with Gasteiger partial charge in [0.2, 0.25) is 11.8 Å². The maximum atomic E-state index is 14.5. The summed E-state index contributed by atoms with van der Waals surface area (Å²) >= 11 is 0. The number of nitrogens with two attached hydrogens (primary N) is 1. The third-order valence-corrected chi connectivity index (χ3v) is 11.0. The fraction of sp³-hybridized carbons (Fsp3) is 0.543. The first-order chi connectivity index (χ1) is 21.6. The molecule has 3 rings (SSSR count). The van der Waals surface area contributed by atoms with E-state index < -0.39 is 49.6 Å². The molecule has 0 aromatic heterocycles. The number of aliphatic hydroxyl groups is 1. The number of nitrogens with zero attached hydrogens (tertiary/aromatic N) is 1. The summed E-state index contributed by atoms with van der Waals surface area (Å²) in [6, 6.07) is 9.71. The molecular formula is C35H49F2N3O5S. The van der Waals surface area contributed by atoms with Crippen LogP contribution in [0.5, 0.6) is 0 Å². The average Bonchev–Trinajstić information content (AvgIpc) is 2.98. The Morgan fingerprint density at radius 2 is 1.70 bits per heavy atom. The third kappa shape index (κ3) is 8.22. The monoisotopic (exact) mass is 661 g/mol. The summed E-state index contributed by atoms with van der Waals surface area (Å²) in [4.78, 5) is 29.7. The maximum Gasteiger partial charge on any atom is 0.231 e. The van der Waals surface area contributed by atoms with E-state index in [1.165, 1.54) is 0 Å². The number of hydrogen-bond donors (Lipinski definition) is 3. The van der Waals surface area contributed by atoms with E-state index >= 15 is 0 Å². The Hall–Kier alpha value is -3.15. The van der Waals surface area contributed by atoms with E-state index in [-0.39, 0.29) is 35.6 Å². The molecule has 0 spiro atoms. The molecule has 0 fully saturated rings. The molecule has 11 heteroatoms. The van der Waals surface area contributed by atoms with Gasteiger partial charge in [-0.3, -0.25) is 9.59 Å². The van der Waals surface area contributed by atoms with Crippen LogP contribution in [0.15, 0.2) is 59.0 Å². The number of hydrogen-bond acceptors (Lipinski definition) is 6. The Kier molecular flexibility index (Phi) is 12.7. The van der Waals surface area contributed by atoms with E-state index in [1.807, 2.05) is 19.9 Å². The Labute approximate surface area is 272 Å². The summed E-state index contributed by atoms with van der Waals surface area (Å²) in [5, 5.41) is 15.0. The first-order valence-corrected chi connectivity index (χ1v) is 17.6. The van der Waals surface area contributed by atoms with Gasteiger partial charge in [-0.25, -0.2) is 17.2 Å². The number of nitrogens with one attached hydrogen (secondary N) is 1. The summed E-state index contributed by atoms with van der Waals surface area (Å²) in [6.07, 6.45) is 1.97. The van der Waals surface area contributed by atoms with Crippen molar-refractivity contribution in [3.05, 3.63) is 76.9 Å². The second-order valence-corrected chi connectivity index (χ2v) is 15.4. The lowest BCUT2D eigenvalue weighted by molar-refractivity contribution is -0.162. The summed E-state index contributed by atoms with van der Waals surface area (Å²) in [5.74, 6) is -2.80. The molecule has 0 bridgehead atoms. The number of rotatable bonds is 16. The molecule has 2 amide bonds. The largest absolute Gasteiger partial charge is 0.391 e. The van der Waals surface area contributed by atoms with E-state index in [0.717, 1.165) is 23.8 Å². The van der Waals surface area contributed by atoms with E-state index in [1.54, 1.807) is 49.9 Å². The Balaban J connectivity index is 1.93. The fourth-order valence-corrected chi connectivity index (χ4v) is 7.84. The SMILES string of the molecule is CCCN(CCC)C(=O)C1(CCCNCc2cccc(S(=O)(=O)C(C)C)c2)CC(C)=C[C@](Cc2cc(F)cc(F)c2)(C(N)=O)[C@@H]1O. The van der Waals surface area contributed by atoms with Gasteiger partial charge in [0.15, 0.2) is 9.84 Å². The molecule has 0 aliphatic heterocycles. The van der Waals surface area contributed by atoms with Gasteiger partial charge in [0.1, 0.15) is 11.6 Å². The van der Waals surface area contributed by atoms with Crippen molar-refractivity contribution in [3.8, 4) is 0 Å². The molecule has 8 nitrogen and oxygen atoms in total. The van der Waals surface area contributed by atoms with Crippen LogP contribution in [-0.2, 0) is 32.4 Å². The Morgan fingerprint density at radius 1 is 1.07 bits per heavy atom. The predicted molar refractivity (Wildman–Crippen MR) is 175 cm³/mol. The summed E-state index contributed by atoms with van der Waals surface area (Å²) in [7, 11) is -3.42. The Morgan fingerprint density at radius 3 is 2.26 bits per heavy atom. The number of benzene rings is 2. The molecular weight excluding hydrogens is 612 g/mol. The molecule has 254 valence electrons. The summed E-state index contributed by atoms with van der Waals surface area (Å²) in [5.41, 5.74) is 4.40. The molecule has 1 unspecified atom stereocenters. The molecule has 2 aromatic carbocycles. The molecule has 3 atom stereocenters. The molecule has 0 heterocycles. The lowest BCUT2D eigenvalue weighted by atomic mass is 9.57. The standard InChI is InChI=1S/C35H49F2N3O5S/c1-6-14-40(15-7-2)33(43)34(12-9-13-39-23-26-10-8-11-30(18-26)46(44,45)24(3)4)20-25(5)21-35(31(34)41,32(38)42)22-27-16-28(36)19-29(37)17-27/h8,10-11,16-19,21,24,31,39,41H,6-7,9,12-15,20,22-23H2,1-5H3,(H2,38,42)/t31-,34?,35-/m1/s1. The minimum atomic E-state index is -3.42. The van der Waals surface area contributed by atoms with Gasteiger partial charge in [-0.05, 0) is 101 Å². The fourth-order valence-electron chi connectivity index (χ4n) is 6.71. The van der Waals surface area contributed by atoms with E-state index in [9.17, 15) is 31.9 Å². The first-order valence-electron chi connectivity index (χ1n) is 16.1.